The Morgan fingerprint density at radius 3 is 2.87 bits per heavy atom. The molecule has 0 aliphatic carbocycles. The number of benzene rings is 2. The molecule has 1 atom stereocenters. The second-order valence-corrected chi connectivity index (χ2v) is 7.61. The SMILES string of the molecule is COC(=O)C1COC(c2ccc(CN3CCCC3=O)c(Oc3ccc(Cl)c(F)c3)c2)=N1. The quantitative estimate of drug-likeness (QED) is 0.632. The summed E-state index contributed by atoms with van der Waals surface area (Å²) in [6.07, 6.45) is 1.34. The number of esters is 1. The second-order valence-electron chi connectivity index (χ2n) is 7.20. The van der Waals surface area contributed by atoms with Gasteiger partial charge in [-0.05, 0) is 30.7 Å². The molecule has 0 aromatic heterocycles. The van der Waals surface area contributed by atoms with Gasteiger partial charge in [0.05, 0.1) is 12.1 Å². The molecule has 2 aromatic carbocycles. The molecule has 0 radical (unpaired) electrons. The van der Waals surface area contributed by atoms with Crippen LogP contribution in [0.4, 0.5) is 4.39 Å². The highest BCUT2D eigenvalue weighted by molar-refractivity contribution is 6.30. The zero-order chi connectivity index (χ0) is 22.0. The molecule has 2 heterocycles. The molecule has 0 N–H and O–H groups in total. The third kappa shape index (κ3) is 4.64. The van der Waals surface area contributed by atoms with E-state index in [1.807, 2.05) is 0 Å². The molecule has 162 valence electrons. The first kappa shape index (κ1) is 21.1. The van der Waals surface area contributed by atoms with E-state index >= 15 is 0 Å². The Labute approximate surface area is 183 Å². The minimum atomic E-state index is -0.725. The number of methoxy groups -OCH3 is 1. The first-order valence-corrected chi connectivity index (χ1v) is 10.1. The van der Waals surface area contributed by atoms with Crippen molar-refractivity contribution in [2.24, 2.45) is 4.99 Å². The molecular weight excluding hydrogens is 427 g/mol. The van der Waals surface area contributed by atoms with Gasteiger partial charge in [-0.25, -0.2) is 14.2 Å². The van der Waals surface area contributed by atoms with Crippen molar-refractivity contribution >= 4 is 29.4 Å². The van der Waals surface area contributed by atoms with Gasteiger partial charge in [-0.15, -0.1) is 0 Å². The molecule has 7 nitrogen and oxygen atoms in total. The van der Waals surface area contributed by atoms with Crippen LogP contribution in [0.5, 0.6) is 11.5 Å². The van der Waals surface area contributed by atoms with Crippen LogP contribution in [0.25, 0.3) is 0 Å². The van der Waals surface area contributed by atoms with E-state index in [9.17, 15) is 14.0 Å². The third-order valence-corrected chi connectivity index (χ3v) is 5.40. The number of halogens is 2. The third-order valence-electron chi connectivity index (χ3n) is 5.09. The number of likely N-dealkylation sites (tertiary alicyclic amines) is 1. The molecule has 1 saturated heterocycles. The van der Waals surface area contributed by atoms with Gasteiger partial charge in [-0.1, -0.05) is 17.7 Å². The first-order chi connectivity index (χ1) is 14.9. The Morgan fingerprint density at radius 1 is 1.32 bits per heavy atom. The highest BCUT2D eigenvalue weighted by atomic mass is 35.5. The number of carbonyl (C=O) groups is 2. The topological polar surface area (TPSA) is 77.4 Å². The molecule has 0 spiro atoms. The Balaban J connectivity index is 1.66. The van der Waals surface area contributed by atoms with E-state index in [1.54, 1.807) is 29.2 Å². The van der Waals surface area contributed by atoms with E-state index in [2.05, 4.69) is 4.99 Å². The van der Waals surface area contributed by atoms with Gasteiger partial charge in [0.25, 0.3) is 0 Å². The zero-order valence-corrected chi connectivity index (χ0v) is 17.5. The number of hydrogen-bond acceptors (Lipinski definition) is 6. The summed E-state index contributed by atoms with van der Waals surface area (Å²) in [5.74, 6) is -0.0342. The summed E-state index contributed by atoms with van der Waals surface area (Å²) in [5.41, 5.74) is 1.34. The van der Waals surface area contributed by atoms with Gasteiger partial charge >= 0.3 is 5.97 Å². The van der Waals surface area contributed by atoms with Crippen molar-refractivity contribution in [1.82, 2.24) is 4.90 Å². The lowest BCUT2D eigenvalue weighted by atomic mass is 10.1. The fraction of sp³-hybridized carbons (Fsp3) is 0.318. The maximum atomic E-state index is 13.9. The lowest BCUT2D eigenvalue weighted by molar-refractivity contribution is -0.142. The van der Waals surface area contributed by atoms with Crippen LogP contribution in [-0.2, 0) is 25.6 Å². The predicted molar refractivity (Wildman–Crippen MR) is 111 cm³/mol. The standard InChI is InChI=1S/C22H20ClFN2O5/c1-29-22(28)18-12-30-21(25-18)13-4-5-14(11-26-8-2-3-20(26)27)19(9-13)31-15-6-7-16(23)17(24)10-15/h4-7,9-10,18H,2-3,8,11-12H2,1H3. The second kappa shape index (κ2) is 8.93. The summed E-state index contributed by atoms with van der Waals surface area (Å²) < 4.78 is 30.1. The Hall–Kier alpha value is -3.13. The molecule has 1 fully saturated rings. The van der Waals surface area contributed by atoms with Crippen molar-refractivity contribution in [2.45, 2.75) is 25.4 Å². The van der Waals surface area contributed by atoms with Crippen LogP contribution >= 0.6 is 11.6 Å². The van der Waals surface area contributed by atoms with Gasteiger partial charge in [0.1, 0.15) is 23.9 Å². The Bertz CT molecular complexity index is 1060. The van der Waals surface area contributed by atoms with Crippen LogP contribution in [0.15, 0.2) is 41.4 Å². The smallest absolute Gasteiger partial charge is 0.334 e. The zero-order valence-electron chi connectivity index (χ0n) is 16.8. The van der Waals surface area contributed by atoms with Gasteiger partial charge < -0.3 is 19.1 Å². The average molecular weight is 447 g/mol. The van der Waals surface area contributed by atoms with Crippen molar-refractivity contribution < 1.29 is 28.2 Å². The fourth-order valence-electron chi connectivity index (χ4n) is 3.45. The molecule has 0 bridgehead atoms. The number of ether oxygens (including phenoxy) is 3. The molecule has 0 saturated carbocycles. The number of carbonyl (C=O) groups excluding carboxylic acids is 2. The molecule has 2 aliphatic rings. The van der Waals surface area contributed by atoms with E-state index in [-0.39, 0.29) is 29.2 Å². The monoisotopic (exact) mass is 446 g/mol. The molecule has 1 unspecified atom stereocenters. The van der Waals surface area contributed by atoms with Crippen LogP contribution < -0.4 is 4.74 Å². The summed E-state index contributed by atoms with van der Waals surface area (Å²) in [4.78, 5) is 29.8. The van der Waals surface area contributed by atoms with Crippen molar-refractivity contribution in [3.63, 3.8) is 0 Å². The molecule has 4 rings (SSSR count). The van der Waals surface area contributed by atoms with Crippen molar-refractivity contribution in [3.8, 4) is 11.5 Å². The van der Waals surface area contributed by atoms with Crippen LogP contribution in [0.3, 0.4) is 0 Å². The van der Waals surface area contributed by atoms with E-state index in [0.29, 0.717) is 30.8 Å². The van der Waals surface area contributed by atoms with Crippen molar-refractivity contribution in [1.29, 1.82) is 0 Å². The lowest BCUT2D eigenvalue weighted by Gasteiger charge is -2.19. The van der Waals surface area contributed by atoms with Gasteiger partial charge in [-0.2, -0.15) is 0 Å². The highest BCUT2D eigenvalue weighted by Gasteiger charge is 2.28. The number of hydrogen-bond donors (Lipinski definition) is 0. The van der Waals surface area contributed by atoms with Crippen LogP contribution in [-0.4, -0.2) is 49.0 Å². The van der Waals surface area contributed by atoms with Crippen LogP contribution in [0.1, 0.15) is 24.0 Å². The van der Waals surface area contributed by atoms with E-state index < -0.39 is 17.8 Å². The lowest BCUT2D eigenvalue weighted by Crippen LogP contribution is -2.24. The molecule has 2 aromatic rings. The van der Waals surface area contributed by atoms with Gasteiger partial charge in [0, 0.05) is 36.7 Å². The highest BCUT2D eigenvalue weighted by Crippen LogP contribution is 2.31. The van der Waals surface area contributed by atoms with E-state index in [0.717, 1.165) is 12.0 Å². The molecule has 1 amide bonds. The van der Waals surface area contributed by atoms with Crippen molar-refractivity contribution in [3.05, 3.63) is 58.4 Å². The van der Waals surface area contributed by atoms with E-state index in [1.165, 1.54) is 19.2 Å². The first-order valence-electron chi connectivity index (χ1n) is 9.77. The minimum Gasteiger partial charge on any atom is -0.475 e. The Morgan fingerprint density at radius 2 is 2.16 bits per heavy atom. The molecule has 31 heavy (non-hydrogen) atoms. The summed E-state index contributed by atoms with van der Waals surface area (Å²) >= 11 is 5.76. The van der Waals surface area contributed by atoms with Crippen LogP contribution in [0.2, 0.25) is 5.02 Å². The van der Waals surface area contributed by atoms with Crippen LogP contribution in [0, 0.1) is 5.82 Å². The fourth-order valence-corrected chi connectivity index (χ4v) is 3.56. The summed E-state index contributed by atoms with van der Waals surface area (Å²) in [6.45, 7) is 1.12. The maximum absolute atomic E-state index is 13.9. The summed E-state index contributed by atoms with van der Waals surface area (Å²) in [7, 11) is 1.29. The number of rotatable bonds is 6. The minimum absolute atomic E-state index is 0.00782. The number of amides is 1. The van der Waals surface area contributed by atoms with Gasteiger partial charge in [0.15, 0.2) is 6.04 Å². The average Bonchev–Trinajstić information content (AvgIpc) is 3.41. The number of aliphatic imine (C=N–C) groups is 1. The van der Waals surface area contributed by atoms with Gasteiger partial charge in [-0.3, -0.25) is 4.79 Å². The maximum Gasteiger partial charge on any atom is 0.334 e. The largest absolute Gasteiger partial charge is 0.475 e. The Kier molecular flexibility index (Phi) is 6.08. The number of nitrogens with zero attached hydrogens (tertiary/aromatic N) is 2. The summed E-state index contributed by atoms with van der Waals surface area (Å²) in [5, 5.41) is -0.00782. The summed E-state index contributed by atoms with van der Waals surface area (Å²) in [6, 6.07) is 8.71. The van der Waals surface area contributed by atoms with Gasteiger partial charge in [0.2, 0.25) is 11.8 Å². The van der Waals surface area contributed by atoms with E-state index in [4.69, 9.17) is 25.8 Å². The molecule has 2 aliphatic heterocycles. The molecule has 9 heteroatoms. The predicted octanol–water partition coefficient (Wildman–Crippen LogP) is 3.71. The molecular formula is C22H20ClFN2O5. The van der Waals surface area contributed by atoms with Crippen molar-refractivity contribution in [2.75, 3.05) is 20.3 Å². The normalized spacial score (nSPS) is 18.0.